The van der Waals surface area contributed by atoms with E-state index in [1.165, 1.54) is 0 Å². The van der Waals surface area contributed by atoms with Crippen molar-refractivity contribution in [2.45, 2.75) is 36.0 Å². The monoisotopic (exact) mass is 403 g/mol. The van der Waals surface area contributed by atoms with Gasteiger partial charge >= 0.3 is 0 Å². The lowest BCUT2D eigenvalue weighted by Crippen LogP contribution is -2.37. The van der Waals surface area contributed by atoms with Crippen LogP contribution in [0.15, 0.2) is 94.8 Å². The Balaban J connectivity index is 1.78. The van der Waals surface area contributed by atoms with Crippen LogP contribution in [-0.4, -0.2) is 21.5 Å². The van der Waals surface area contributed by atoms with Crippen LogP contribution in [0.3, 0.4) is 0 Å². The van der Waals surface area contributed by atoms with E-state index < -0.39 is 21.1 Å². The van der Waals surface area contributed by atoms with Gasteiger partial charge in [0.2, 0.25) is 5.90 Å². The highest BCUT2D eigenvalue weighted by Gasteiger charge is 2.46. The summed E-state index contributed by atoms with van der Waals surface area (Å²) in [6.07, 6.45) is 0. The number of aryl methyl sites for hydroxylation is 1. The van der Waals surface area contributed by atoms with Gasteiger partial charge in [-0.05, 0) is 44.0 Å². The van der Waals surface area contributed by atoms with Gasteiger partial charge < -0.3 is 4.74 Å². The van der Waals surface area contributed by atoms with Crippen molar-refractivity contribution in [3.63, 3.8) is 0 Å². The second-order valence-corrected chi connectivity index (χ2v) is 9.92. The molecule has 3 aromatic carbocycles. The molecule has 29 heavy (non-hydrogen) atoms. The summed E-state index contributed by atoms with van der Waals surface area (Å²) in [4.78, 5) is 5.88. The molecular formula is C25H25NO2S. The average Bonchev–Trinajstić information content (AvgIpc) is 3.23. The highest BCUT2D eigenvalue weighted by molar-refractivity contribution is 7.87. The van der Waals surface area contributed by atoms with E-state index in [9.17, 15) is 4.21 Å². The van der Waals surface area contributed by atoms with Crippen molar-refractivity contribution in [1.82, 2.24) is 0 Å². The smallest absolute Gasteiger partial charge is 0.203 e. The van der Waals surface area contributed by atoms with Crippen molar-refractivity contribution in [3.8, 4) is 0 Å². The average molecular weight is 404 g/mol. The molecule has 1 aliphatic heterocycles. The van der Waals surface area contributed by atoms with E-state index >= 15 is 0 Å². The lowest BCUT2D eigenvalue weighted by atomic mass is 9.84. The molecule has 4 heteroatoms. The van der Waals surface area contributed by atoms with E-state index in [1.54, 1.807) is 0 Å². The normalized spacial score (nSPS) is 16.7. The van der Waals surface area contributed by atoms with Crippen molar-refractivity contribution < 1.29 is 8.95 Å². The Bertz CT molecular complexity index is 1000. The Morgan fingerprint density at radius 2 is 1.38 bits per heavy atom. The van der Waals surface area contributed by atoms with Crippen LogP contribution in [0.4, 0.5) is 0 Å². The molecule has 0 spiro atoms. The number of rotatable bonds is 5. The molecule has 0 aliphatic carbocycles. The lowest BCUT2D eigenvalue weighted by molar-refractivity contribution is 0.272. The zero-order chi connectivity index (χ0) is 20.5. The standard InChI is InChI=1S/C25H25NO2S/c1-19-14-16-22(17-15-19)29(27)24(2,3)23-26-25(18-28-23,20-10-6-4-7-11-20)21-12-8-5-9-13-21/h4-17H,18H2,1-3H3/t29-/m0/s1. The van der Waals surface area contributed by atoms with Crippen LogP contribution in [0.25, 0.3) is 0 Å². The molecule has 0 amide bonds. The zero-order valence-corrected chi connectivity index (χ0v) is 17.8. The van der Waals surface area contributed by atoms with Crippen LogP contribution in [-0.2, 0) is 21.1 Å². The van der Waals surface area contributed by atoms with Crippen LogP contribution in [0.5, 0.6) is 0 Å². The van der Waals surface area contributed by atoms with Gasteiger partial charge in [0, 0.05) is 4.90 Å². The molecule has 1 heterocycles. The Morgan fingerprint density at radius 1 is 0.862 bits per heavy atom. The topological polar surface area (TPSA) is 38.7 Å². The minimum absolute atomic E-state index is 0.394. The molecule has 3 aromatic rings. The maximum absolute atomic E-state index is 13.4. The van der Waals surface area contributed by atoms with Gasteiger partial charge in [-0.3, -0.25) is 4.21 Å². The quantitative estimate of drug-likeness (QED) is 0.583. The molecule has 0 unspecified atom stereocenters. The molecule has 0 radical (unpaired) electrons. The first-order valence-corrected chi connectivity index (χ1v) is 10.9. The van der Waals surface area contributed by atoms with Gasteiger partial charge in [-0.25, -0.2) is 4.99 Å². The van der Waals surface area contributed by atoms with Crippen LogP contribution >= 0.6 is 0 Å². The molecule has 0 N–H and O–H groups in total. The molecule has 0 saturated heterocycles. The van der Waals surface area contributed by atoms with Crippen LogP contribution in [0, 0.1) is 6.92 Å². The molecular weight excluding hydrogens is 378 g/mol. The van der Waals surface area contributed by atoms with E-state index in [1.807, 2.05) is 81.4 Å². The SMILES string of the molecule is Cc1ccc([S@](=O)C(C)(C)C2=NC(c3ccccc3)(c3ccccc3)CO2)cc1. The van der Waals surface area contributed by atoms with Gasteiger partial charge in [-0.2, -0.15) is 0 Å². The third-order valence-electron chi connectivity index (χ3n) is 5.43. The Morgan fingerprint density at radius 3 is 1.90 bits per heavy atom. The largest absolute Gasteiger partial charge is 0.477 e. The van der Waals surface area contributed by atoms with Gasteiger partial charge in [0.25, 0.3) is 0 Å². The number of hydrogen-bond donors (Lipinski definition) is 0. The third-order valence-corrected chi connectivity index (χ3v) is 7.23. The first-order chi connectivity index (χ1) is 13.9. The maximum atomic E-state index is 13.4. The molecule has 148 valence electrons. The first kappa shape index (κ1) is 19.6. The van der Waals surface area contributed by atoms with E-state index in [4.69, 9.17) is 9.73 Å². The van der Waals surface area contributed by atoms with Gasteiger partial charge in [0.1, 0.15) is 16.9 Å². The third kappa shape index (κ3) is 3.53. The Hall–Kier alpha value is -2.72. The molecule has 1 aliphatic rings. The van der Waals surface area contributed by atoms with Gasteiger partial charge in [-0.15, -0.1) is 0 Å². The van der Waals surface area contributed by atoms with Crippen LogP contribution in [0.1, 0.15) is 30.5 Å². The number of benzene rings is 3. The zero-order valence-electron chi connectivity index (χ0n) is 17.0. The molecule has 0 saturated carbocycles. The summed E-state index contributed by atoms with van der Waals surface area (Å²) >= 11 is 0. The van der Waals surface area contributed by atoms with Crippen LogP contribution in [0.2, 0.25) is 0 Å². The highest BCUT2D eigenvalue weighted by Crippen LogP contribution is 2.40. The van der Waals surface area contributed by atoms with Crippen molar-refractivity contribution in [3.05, 3.63) is 102 Å². The fourth-order valence-corrected chi connectivity index (χ4v) is 4.88. The molecule has 0 aromatic heterocycles. The Kier molecular flexibility index (Phi) is 5.13. The summed E-state index contributed by atoms with van der Waals surface area (Å²) in [5.41, 5.74) is 2.65. The molecule has 0 fully saturated rings. The number of hydrogen-bond acceptors (Lipinski definition) is 3. The highest BCUT2D eigenvalue weighted by atomic mass is 32.2. The van der Waals surface area contributed by atoms with Crippen LogP contribution < -0.4 is 0 Å². The minimum atomic E-state index is -1.29. The Labute approximate surface area is 174 Å². The molecule has 0 bridgehead atoms. The number of aliphatic imine (C=N–C) groups is 1. The van der Waals surface area contributed by atoms with E-state index in [2.05, 4.69) is 24.3 Å². The van der Waals surface area contributed by atoms with Gasteiger partial charge in [0.05, 0.1) is 10.8 Å². The number of ether oxygens (including phenoxy) is 1. The van der Waals surface area contributed by atoms with E-state index in [-0.39, 0.29) is 0 Å². The lowest BCUT2D eigenvalue weighted by Gasteiger charge is -2.25. The van der Waals surface area contributed by atoms with E-state index in [0.29, 0.717) is 12.5 Å². The summed E-state index contributed by atoms with van der Waals surface area (Å²) in [7, 11) is -1.29. The second kappa shape index (κ2) is 7.60. The second-order valence-electron chi connectivity index (χ2n) is 7.89. The molecule has 4 rings (SSSR count). The summed E-state index contributed by atoms with van der Waals surface area (Å²) in [5, 5.41) is 0. The van der Waals surface area contributed by atoms with Crippen molar-refractivity contribution >= 4 is 16.7 Å². The molecule has 1 atom stereocenters. The predicted octanol–water partition coefficient (Wildman–Crippen LogP) is 5.25. The van der Waals surface area contributed by atoms with Crippen molar-refractivity contribution in [1.29, 1.82) is 0 Å². The van der Waals surface area contributed by atoms with Gasteiger partial charge in [0.15, 0.2) is 0 Å². The summed E-state index contributed by atoms with van der Waals surface area (Å²) in [5.74, 6) is 0.532. The van der Waals surface area contributed by atoms with E-state index in [0.717, 1.165) is 21.6 Å². The fourth-order valence-electron chi connectivity index (χ4n) is 3.65. The first-order valence-electron chi connectivity index (χ1n) is 9.76. The minimum Gasteiger partial charge on any atom is -0.477 e. The maximum Gasteiger partial charge on any atom is 0.203 e. The summed E-state index contributed by atoms with van der Waals surface area (Å²) in [6.45, 7) is 6.29. The predicted molar refractivity (Wildman–Crippen MR) is 119 cm³/mol. The van der Waals surface area contributed by atoms with Gasteiger partial charge in [-0.1, -0.05) is 78.4 Å². The summed E-state index contributed by atoms with van der Waals surface area (Å²) in [6, 6.07) is 28.2. The summed E-state index contributed by atoms with van der Waals surface area (Å²) < 4.78 is 18.8. The number of nitrogens with zero attached hydrogens (tertiary/aromatic N) is 1. The van der Waals surface area contributed by atoms with Crippen molar-refractivity contribution in [2.24, 2.45) is 4.99 Å². The molecule has 3 nitrogen and oxygen atoms in total. The fraction of sp³-hybridized carbons (Fsp3) is 0.240. The van der Waals surface area contributed by atoms with Crippen molar-refractivity contribution in [2.75, 3.05) is 6.61 Å².